The zero-order chi connectivity index (χ0) is 15.6. The maximum absolute atomic E-state index is 13.7. The molecule has 8 heteroatoms. The lowest BCUT2D eigenvalue weighted by Gasteiger charge is -2.09. The van der Waals surface area contributed by atoms with Crippen LogP contribution in [0.2, 0.25) is 0 Å². The third-order valence-electron chi connectivity index (χ3n) is 2.58. The molecule has 21 heavy (non-hydrogen) atoms. The zero-order valence-electron chi connectivity index (χ0n) is 10.6. The van der Waals surface area contributed by atoms with Crippen molar-refractivity contribution in [1.29, 1.82) is 0 Å². The van der Waals surface area contributed by atoms with Gasteiger partial charge in [0.1, 0.15) is 5.82 Å². The summed E-state index contributed by atoms with van der Waals surface area (Å²) in [6.07, 6.45) is -3.49. The summed E-state index contributed by atoms with van der Waals surface area (Å²) in [6, 6.07) is 3.09. The Bertz CT molecular complexity index is 686. The Kier molecular flexibility index (Phi) is 3.88. The minimum atomic E-state index is -4.62. The van der Waals surface area contributed by atoms with Crippen molar-refractivity contribution >= 4 is 5.97 Å². The van der Waals surface area contributed by atoms with Gasteiger partial charge in [0.05, 0.1) is 18.2 Å². The number of ether oxygens (including phenoxy) is 1. The number of alkyl halides is 3. The predicted molar refractivity (Wildman–Crippen MR) is 63.8 cm³/mol. The van der Waals surface area contributed by atoms with E-state index in [4.69, 9.17) is 0 Å². The van der Waals surface area contributed by atoms with E-state index in [0.717, 1.165) is 13.3 Å². The molecule has 0 fully saturated rings. The van der Waals surface area contributed by atoms with Crippen LogP contribution in [0.1, 0.15) is 16.1 Å². The topological polar surface area (TPSA) is 52.1 Å². The number of benzene rings is 1. The average molecular weight is 300 g/mol. The summed E-state index contributed by atoms with van der Waals surface area (Å²) in [5.41, 5.74) is -1.67. The first kappa shape index (κ1) is 14.9. The van der Waals surface area contributed by atoms with Crippen molar-refractivity contribution in [1.82, 2.24) is 9.97 Å². The number of hydrogen-bond donors (Lipinski definition) is 0. The summed E-state index contributed by atoms with van der Waals surface area (Å²) in [7, 11) is 1.12. The predicted octanol–water partition coefficient (Wildman–Crippen LogP) is 3.09. The summed E-state index contributed by atoms with van der Waals surface area (Å²) >= 11 is 0. The highest BCUT2D eigenvalue weighted by Gasteiger charge is 2.31. The van der Waals surface area contributed by atoms with Crippen LogP contribution in [-0.4, -0.2) is 23.0 Å². The molecule has 110 valence electrons. The molecule has 0 aliphatic rings. The van der Waals surface area contributed by atoms with Crippen LogP contribution in [0.3, 0.4) is 0 Å². The van der Waals surface area contributed by atoms with Gasteiger partial charge in [-0.25, -0.2) is 19.2 Å². The van der Waals surface area contributed by atoms with Crippen molar-refractivity contribution in [3.8, 4) is 11.4 Å². The molecule has 4 nitrogen and oxygen atoms in total. The first-order valence-corrected chi connectivity index (χ1v) is 5.61. The van der Waals surface area contributed by atoms with Crippen molar-refractivity contribution in [3.63, 3.8) is 0 Å². The lowest BCUT2D eigenvalue weighted by Crippen LogP contribution is -2.08. The fourth-order valence-corrected chi connectivity index (χ4v) is 1.58. The molecule has 0 saturated heterocycles. The van der Waals surface area contributed by atoms with E-state index in [0.29, 0.717) is 18.2 Å². The van der Waals surface area contributed by atoms with Crippen LogP contribution < -0.4 is 0 Å². The number of halogens is 4. The highest BCUT2D eigenvalue weighted by atomic mass is 19.4. The lowest BCUT2D eigenvalue weighted by atomic mass is 10.1. The SMILES string of the molecule is COC(=O)c1ccnc(-c2cc(C(F)(F)F)ccc2F)n1. The van der Waals surface area contributed by atoms with E-state index in [1.54, 1.807) is 0 Å². The number of esters is 1. The first-order valence-electron chi connectivity index (χ1n) is 5.61. The second-order valence-electron chi connectivity index (χ2n) is 3.95. The largest absolute Gasteiger partial charge is 0.464 e. The third-order valence-corrected chi connectivity index (χ3v) is 2.58. The average Bonchev–Trinajstić information content (AvgIpc) is 2.45. The van der Waals surface area contributed by atoms with Crippen LogP contribution in [0.5, 0.6) is 0 Å². The summed E-state index contributed by atoms with van der Waals surface area (Å²) < 4.78 is 56.0. The molecular formula is C13H8F4N2O2. The molecule has 0 amide bonds. The molecule has 1 aromatic carbocycles. The first-order chi connectivity index (χ1) is 9.82. The third kappa shape index (κ3) is 3.15. The quantitative estimate of drug-likeness (QED) is 0.632. The van der Waals surface area contributed by atoms with Crippen LogP contribution in [0.15, 0.2) is 30.5 Å². The molecule has 0 bridgehead atoms. The van der Waals surface area contributed by atoms with Gasteiger partial charge in [0, 0.05) is 6.20 Å². The Morgan fingerprint density at radius 3 is 2.57 bits per heavy atom. The molecule has 0 unspecified atom stereocenters. The number of carbonyl (C=O) groups is 1. The molecular weight excluding hydrogens is 292 g/mol. The second-order valence-corrected chi connectivity index (χ2v) is 3.95. The molecule has 0 N–H and O–H groups in total. The van der Waals surface area contributed by atoms with Crippen LogP contribution in [0.4, 0.5) is 17.6 Å². The summed E-state index contributed by atoms with van der Waals surface area (Å²) in [4.78, 5) is 18.7. The Morgan fingerprint density at radius 1 is 1.24 bits per heavy atom. The van der Waals surface area contributed by atoms with Gasteiger partial charge in [-0.15, -0.1) is 0 Å². The van der Waals surface area contributed by atoms with Gasteiger partial charge in [0.25, 0.3) is 0 Å². The molecule has 2 aromatic rings. The van der Waals surface area contributed by atoms with Gasteiger partial charge in [0.2, 0.25) is 0 Å². The normalized spacial score (nSPS) is 11.3. The van der Waals surface area contributed by atoms with Crippen LogP contribution in [-0.2, 0) is 10.9 Å². The molecule has 0 radical (unpaired) electrons. The summed E-state index contributed by atoms with van der Waals surface area (Å²) in [5, 5.41) is 0. The van der Waals surface area contributed by atoms with Crippen LogP contribution >= 0.6 is 0 Å². The van der Waals surface area contributed by atoms with Crippen molar-refractivity contribution in [2.75, 3.05) is 7.11 Å². The molecule has 0 aliphatic heterocycles. The fraction of sp³-hybridized carbons (Fsp3) is 0.154. The smallest absolute Gasteiger partial charge is 0.416 e. The molecule has 1 aromatic heterocycles. The number of carbonyl (C=O) groups excluding carboxylic acids is 1. The molecule has 0 spiro atoms. The molecule has 0 atom stereocenters. The van der Waals surface area contributed by atoms with Gasteiger partial charge in [0.15, 0.2) is 11.5 Å². The maximum Gasteiger partial charge on any atom is 0.416 e. The van der Waals surface area contributed by atoms with Gasteiger partial charge in [-0.05, 0) is 24.3 Å². The van der Waals surface area contributed by atoms with Crippen LogP contribution in [0.25, 0.3) is 11.4 Å². The standard InChI is InChI=1S/C13H8F4N2O2/c1-21-12(20)10-4-5-18-11(19-10)8-6-7(13(15,16)17)2-3-9(8)14/h2-6H,1H3. The summed E-state index contributed by atoms with van der Waals surface area (Å²) in [6.45, 7) is 0. The van der Waals surface area contributed by atoms with Crippen molar-refractivity contribution < 1.29 is 27.1 Å². The molecule has 0 saturated carbocycles. The van der Waals surface area contributed by atoms with E-state index in [2.05, 4.69) is 14.7 Å². The molecule has 0 aliphatic carbocycles. The van der Waals surface area contributed by atoms with Crippen molar-refractivity contribution in [2.45, 2.75) is 6.18 Å². The molecule has 2 rings (SSSR count). The van der Waals surface area contributed by atoms with Crippen molar-refractivity contribution in [3.05, 3.63) is 47.5 Å². The fourth-order valence-electron chi connectivity index (χ4n) is 1.58. The van der Waals surface area contributed by atoms with E-state index < -0.39 is 29.1 Å². The Hall–Kier alpha value is -2.51. The number of methoxy groups -OCH3 is 1. The number of nitrogens with zero attached hydrogens (tertiary/aromatic N) is 2. The zero-order valence-corrected chi connectivity index (χ0v) is 10.6. The highest BCUT2D eigenvalue weighted by Crippen LogP contribution is 2.32. The Labute approximate surface area is 116 Å². The lowest BCUT2D eigenvalue weighted by molar-refractivity contribution is -0.137. The monoisotopic (exact) mass is 300 g/mol. The van der Waals surface area contributed by atoms with E-state index in [9.17, 15) is 22.4 Å². The highest BCUT2D eigenvalue weighted by molar-refractivity contribution is 5.87. The van der Waals surface area contributed by atoms with Gasteiger partial charge < -0.3 is 4.74 Å². The van der Waals surface area contributed by atoms with E-state index in [1.165, 1.54) is 6.07 Å². The number of rotatable bonds is 2. The minimum Gasteiger partial charge on any atom is -0.464 e. The van der Waals surface area contributed by atoms with E-state index >= 15 is 0 Å². The van der Waals surface area contributed by atoms with Gasteiger partial charge in [-0.2, -0.15) is 13.2 Å². The van der Waals surface area contributed by atoms with Gasteiger partial charge in [-0.1, -0.05) is 0 Å². The van der Waals surface area contributed by atoms with Gasteiger partial charge >= 0.3 is 12.1 Å². The maximum atomic E-state index is 13.7. The summed E-state index contributed by atoms with van der Waals surface area (Å²) in [5.74, 6) is -2.06. The van der Waals surface area contributed by atoms with E-state index in [-0.39, 0.29) is 11.5 Å². The molecule has 1 heterocycles. The number of aromatic nitrogens is 2. The second kappa shape index (κ2) is 5.47. The van der Waals surface area contributed by atoms with Gasteiger partial charge in [-0.3, -0.25) is 0 Å². The van der Waals surface area contributed by atoms with Crippen LogP contribution in [0, 0.1) is 5.82 Å². The number of hydrogen-bond acceptors (Lipinski definition) is 4. The Morgan fingerprint density at radius 2 is 1.95 bits per heavy atom. The van der Waals surface area contributed by atoms with E-state index in [1.807, 2.05) is 0 Å². The Balaban J connectivity index is 2.54. The van der Waals surface area contributed by atoms with Crippen molar-refractivity contribution in [2.24, 2.45) is 0 Å². The minimum absolute atomic E-state index is 0.181.